The standard InChI is InChI=1S/C10H14N4O2/c1-5(2)6-3-11-9-8(12-6)10(16)14-7(4-15)13-9/h3,5,10,15-16H,4H2,1-2H3,(H,11,13,14). The molecule has 16 heavy (non-hydrogen) atoms. The first-order chi connectivity index (χ1) is 7.61. The molecule has 2 rings (SSSR count). The monoisotopic (exact) mass is 222 g/mol. The van der Waals surface area contributed by atoms with Gasteiger partial charge in [0.1, 0.15) is 18.1 Å². The number of hydrogen-bond donors (Lipinski definition) is 3. The van der Waals surface area contributed by atoms with E-state index in [1.165, 1.54) is 0 Å². The van der Waals surface area contributed by atoms with E-state index in [2.05, 4.69) is 20.3 Å². The topological polar surface area (TPSA) is 90.6 Å². The number of hydrogen-bond acceptors (Lipinski definition) is 6. The number of nitrogens with one attached hydrogen (secondary N) is 1. The molecule has 2 heterocycles. The van der Waals surface area contributed by atoms with Gasteiger partial charge in [0.25, 0.3) is 0 Å². The van der Waals surface area contributed by atoms with Gasteiger partial charge in [-0.15, -0.1) is 0 Å². The van der Waals surface area contributed by atoms with E-state index in [0.29, 0.717) is 17.3 Å². The molecule has 1 aliphatic rings. The van der Waals surface area contributed by atoms with Crippen LogP contribution < -0.4 is 5.32 Å². The Kier molecular flexibility index (Phi) is 2.84. The van der Waals surface area contributed by atoms with Gasteiger partial charge in [0.05, 0.1) is 11.9 Å². The Bertz CT molecular complexity index is 431. The Balaban J connectivity index is 2.39. The lowest BCUT2D eigenvalue weighted by molar-refractivity contribution is 0.181. The zero-order valence-corrected chi connectivity index (χ0v) is 9.18. The largest absolute Gasteiger partial charge is 0.388 e. The number of anilines is 1. The lowest BCUT2D eigenvalue weighted by Crippen LogP contribution is -2.25. The van der Waals surface area contributed by atoms with Gasteiger partial charge in [-0.05, 0) is 5.92 Å². The van der Waals surface area contributed by atoms with E-state index in [9.17, 15) is 5.11 Å². The lowest BCUT2D eigenvalue weighted by Gasteiger charge is -2.20. The minimum Gasteiger partial charge on any atom is -0.388 e. The van der Waals surface area contributed by atoms with E-state index in [0.717, 1.165) is 5.69 Å². The molecular weight excluding hydrogens is 208 g/mol. The SMILES string of the molecule is CC(C)c1cnc2c(n1)C(O)N=C(CO)N2. The number of aromatic nitrogens is 2. The van der Waals surface area contributed by atoms with Crippen molar-refractivity contribution in [2.24, 2.45) is 4.99 Å². The summed E-state index contributed by atoms with van der Waals surface area (Å²) in [6.45, 7) is 3.74. The number of aliphatic hydroxyl groups is 2. The summed E-state index contributed by atoms with van der Waals surface area (Å²) in [6.07, 6.45) is 0.605. The maximum Gasteiger partial charge on any atom is 0.194 e. The van der Waals surface area contributed by atoms with Crippen LogP contribution in [0.2, 0.25) is 0 Å². The van der Waals surface area contributed by atoms with Gasteiger partial charge in [0.15, 0.2) is 12.0 Å². The van der Waals surface area contributed by atoms with Gasteiger partial charge >= 0.3 is 0 Å². The second kappa shape index (κ2) is 4.15. The number of aliphatic imine (C=N–C) groups is 1. The number of nitrogens with zero attached hydrogens (tertiary/aromatic N) is 3. The molecule has 6 heteroatoms. The molecule has 1 aromatic heterocycles. The van der Waals surface area contributed by atoms with Crippen molar-refractivity contribution in [3.05, 3.63) is 17.6 Å². The van der Waals surface area contributed by atoms with Crippen molar-refractivity contribution < 1.29 is 10.2 Å². The number of aliphatic hydroxyl groups excluding tert-OH is 2. The molecule has 1 aliphatic heterocycles. The highest BCUT2D eigenvalue weighted by atomic mass is 16.3. The first-order valence-electron chi connectivity index (χ1n) is 5.11. The molecule has 0 aromatic carbocycles. The Morgan fingerprint density at radius 2 is 2.25 bits per heavy atom. The molecule has 1 atom stereocenters. The summed E-state index contributed by atoms with van der Waals surface area (Å²) in [5.74, 6) is 0.996. The van der Waals surface area contributed by atoms with Gasteiger partial charge < -0.3 is 15.5 Å². The Hall–Kier alpha value is -1.53. The summed E-state index contributed by atoms with van der Waals surface area (Å²) < 4.78 is 0. The van der Waals surface area contributed by atoms with Crippen molar-refractivity contribution in [1.82, 2.24) is 9.97 Å². The maximum absolute atomic E-state index is 9.73. The molecular formula is C10H14N4O2. The summed E-state index contributed by atoms with van der Waals surface area (Å²) in [5.41, 5.74) is 1.21. The molecule has 3 N–H and O–H groups in total. The third kappa shape index (κ3) is 1.89. The van der Waals surface area contributed by atoms with Crippen LogP contribution in [0, 0.1) is 0 Å². The third-order valence-corrected chi connectivity index (χ3v) is 2.34. The highest BCUT2D eigenvalue weighted by molar-refractivity contribution is 5.97. The Labute approximate surface area is 93.1 Å². The molecule has 1 aromatic rings. The minimum absolute atomic E-state index is 0.244. The van der Waals surface area contributed by atoms with Crippen molar-refractivity contribution in [2.75, 3.05) is 11.9 Å². The van der Waals surface area contributed by atoms with Crippen LogP contribution in [0.1, 0.15) is 37.4 Å². The van der Waals surface area contributed by atoms with Crippen molar-refractivity contribution in [1.29, 1.82) is 0 Å². The van der Waals surface area contributed by atoms with Crippen LogP contribution in [-0.2, 0) is 0 Å². The lowest BCUT2D eigenvalue weighted by atomic mass is 10.1. The van der Waals surface area contributed by atoms with Crippen molar-refractivity contribution in [2.45, 2.75) is 26.0 Å². The average Bonchev–Trinajstić information content (AvgIpc) is 2.28. The quantitative estimate of drug-likeness (QED) is 0.674. The molecule has 0 bridgehead atoms. The Morgan fingerprint density at radius 3 is 2.88 bits per heavy atom. The normalized spacial score (nSPS) is 19.1. The zero-order valence-electron chi connectivity index (χ0n) is 9.18. The van der Waals surface area contributed by atoms with Crippen molar-refractivity contribution in [3.63, 3.8) is 0 Å². The minimum atomic E-state index is -1.05. The van der Waals surface area contributed by atoms with Crippen LogP contribution in [0.4, 0.5) is 5.82 Å². The fourth-order valence-corrected chi connectivity index (χ4v) is 1.43. The molecule has 0 radical (unpaired) electrons. The molecule has 1 unspecified atom stereocenters. The first-order valence-corrected chi connectivity index (χ1v) is 5.11. The first kappa shape index (κ1) is 11.0. The second-order valence-corrected chi connectivity index (χ2v) is 3.92. The van der Waals surface area contributed by atoms with E-state index < -0.39 is 6.23 Å². The van der Waals surface area contributed by atoms with Gasteiger partial charge in [-0.25, -0.2) is 15.0 Å². The number of rotatable bonds is 2. The van der Waals surface area contributed by atoms with Crippen LogP contribution in [0.25, 0.3) is 0 Å². The Morgan fingerprint density at radius 1 is 1.50 bits per heavy atom. The van der Waals surface area contributed by atoms with E-state index >= 15 is 0 Å². The molecule has 0 aliphatic carbocycles. The van der Waals surface area contributed by atoms with E-state index in [4.69, 9.17) is 5.11 Å². The predicted octanol–water partition coefficient (Wildman–Crippen LogP) is 0.407. The van der Waals surface area contributed by atoms with Gasteiger partial charge in [-0.3, -0.25) is 0 Å². The summed E-state index contributed by atoms with van der Waals surface area (Å²) in [4.78, 5) is 12.3. The third-order valence-electron chi connectivity index (χ3n) is 2.34. The van der Waals surface area contributed by atoms with Gasteiger partial charge in [0.2, 0.25) is 0 Å². The van der Waals surface area contributed by atoms with E-state index in [-0.39, 0.29) is 12.5 Å². The van der Waals surface area contributed by atoms with Crippen molar-refractivity contribution in [3.8, 4) is 0 Å². The summed E-state index contributed by atoms with van der Waals surface area (Å²) in [5, 5.41) is 21.5. The van der Waals surface area contributed by atoms with Gasteiger partial charge in [-0.1, -0.05) is 13.8 Å². The second-order valence-electron chi connectivity index (χ2n) is 3.92. The highest BCUT2D eigenvalue weighted by Gasteiger charge is 2.22. The molecule has 0 saturated carbocycles. The summed E-state index contributed by atoms with van der Waals surface area (Å²) in [6, 6.07) is 0. The predicted molar refractivity (Wildman–Crippen MR) is 59.2 cm³/mol. The summed E-state index contributed by atoms with van der Waals surface area (Å²) in [7, 11) is 0. The van der Waals surface area contributed by atoms with Crippen LogP contribution in [0.15, 0.2) is 11.2 Å². The molecule has 86 valence electrons. The molecule has 0 amide bonds. The molecule has 0 saturated heterocycles. The number of amidine groups is 1. The van der Waals surface area contributed by atoms with Gasteiger partial charge in [-0.2, -0.15) is 0 Å². The average molecular weight is 222 g/mol. The summed E-state index contributed by atoms with van der Waals surface area (Å²) >= 11 is 0. The maximum atomic E-state index is 9.73. The molecule has 6 nitrogen and oxygen atoms in total. The van der Waals surface area contributed by atoms with Crippen LogP contribution in [0.3, 0.4) is 0 Å². The fraction of sp³-hybridized carbons (Fsp3) is 0.500. The van der Waals surface area contributed by atoms with Gasteiger partial charge in [0, 0.05) is 0 Å². The fourth-order valence-electron chi connectivity index (χ4n) is 1.43. The van der Waals surface area contributed by atoms with E-state index in [1.807, 2.05) is 13.8 Å². The van der Waals surface area contributed by atoms with Crippen molar-refractivity contribution >= 4 is 11.7 Å². The van der Waals surface area contributed by atoms with E-state index in [1.54, 1.807) is 6.20 Å². The molecule has 0 fully saturated rings. The smallest absolute Gasteiger partial charge is 0.194 e. The number of fused-ring (bicyclic) bond motifs is 1. The zero-order chi connectivity index (χ0) is 11.7. The van der Waals surface area contributed by atoms with Crippen LogP contribution in [0.5, 0.6) is 0 Å². The van der Waals surface area contributed by atoms with Crippen LogP contribution in [-0.4, -0.2) is 32.6 Å². The van der Waals surface area contributed by atoms with Crippen LogP contribution >= 0.6 is 0 Å². The molecule has 0 spiro atoms. The highest BCUT2D eigenvalue weighted by Crippen LogP contribution is 2.25.